The van der Waals surface area contributed by atoms with E-state index in [9.17, 15) is 0 Å². The molecule has 90 valence electrons. The number of methoxy groups -OCH3 is 1. The molecule has 4 heteroatoms. The molecule has 2 rings (SSSR count). The number of ether oxygens (including phenoxy) is 1. The summed E-state index contributed by atoms with van der Waals surface area (Å²) in [5.74, 6) is 0.929. The maximum atomic E-state index is 5.24. The minimum absolute atomic E-state index is 0. The van der Waals surface area contributed by atoms with Crippen molar-refractivity contribution >= 4 is 18.1 Å². The third-order valence-corrected chi connectivity index (χ3v) is 2.89. The highest BCUT2D eigenvalue weighted by molar-refractivity contribution is 5.85. The first-order valence-corrected chi connectivity index (χ1v) is 5.42. The van der Waals surface area contributed by atoms with E-state index in [1.54, 1.807) is 7.11 Å². The largest absolute Gasteiger partial charge is 0.497 e. The topological polar surface area (TPSA) is 24.5 Å². The summed E-state index contributed by atoms with van der Waals surface area (Å²) in [6.07, 6.45) is 0. The van der Waals surface area contributed by atoms with Gasteiger partial charge in [-0.15, -0.1) is 12.4 Å². The first-order valence-electron chi connectivity index (χ1n) is 5.42. The zero-order valence-electron chi connectivity index (χ0n) is 9.77. The molecule has 16 heavy (non-hydrogen) atoms. The lowest BCUT2D eigenvalue weighted by Gasteiger charge is -2.36. The molecule has 0 bridgehead atoms. The van der Waals surface area contributed by atoms with Crippen molar-refractivity contribution in [2.75, 3.05) is 31.6 Å². The monoisotopic (exact) mass is 242 g/mol. The highest BCUT2D eigenvalue weighted by Crippen LogP contribution is 2.23. The normalized spacial score (nSPS) is 20.1. The number of nitrogens with zero attached hydrogens (tertiary/aromatic N) is 1. The van der Waals surface area contributed by atoms with E-state index in [4.69, 9.17) is 4.74 Å². The predicted octanol–water partition coefficient (Wildman–Crippen LogP) is 1.92. The minimum Gasteiger partial charge on any atom is -0.497 e. The molecule has 0 saturated carbocycles. The van der Waals surface area contributed by atoms with Gasteiger partial charge in [-0.1, -0.05) is 6.07 Å². The first-order chi connectivity index (χ1) is 7.31. The predicted molar refractivity (Wildman–Crippen MR) is 69.9 cm³/mol. The fraction of sp³-hybridized carbons (Fsp3) is 0.500. The van der Waals surface area contributed by atoms with E-state index in [1.165, 1.54) is 5.69 Å². The molecule has 1 heterocycles. The van der Waals surface area contributed by atoms with Crippen molar-refractivity contribution in [1.29, 1.82) is 0 Å². The summed E-state index contributed by atoms with van der Waals surface area (Å²) >= 11 is 0. The Bertz CT molecular complexity index is 333. The van der Waals surface area contributed by atoms with Crippen molar-refractivity contribution in [3.63, 3.8) is 0 Å². The smallest absolute Gasteiger partial charge is 0.120 e. The molecule has 1 aromatic carbocycles. The second-order valence-electron chi connectivity index (χ2n) is 3.95. The summed E-state index contributed by atoms with van der Waals surface area (Å²) in [4.78, 5) is 2.42. The molecule has 0 aliphatic carbocycles. The van der Waals surface area contributed by atoms with E-state index in [1.807, 2.05) is 12.1 Å². The summed E-state index contributed by atoms with van der Waals surface area (Å²) in [7, 11) is 1.71. The second kappa shape index (κ2) is 5.97. The van der Waals surface area contributed by atoms with Crippen LogP contribution in [0.2, 0.25) is 0 Å². The number of hydrogen-bond donors (Lipinski definition) is 1. The van der Waals surface area contributed by atoms with E-state index in [0.29, 0.717) is 6.04 Å². The van der Waals surface area contributed by atoms with Gasteiger partial charge in [0.05, 0.1) is 7.11 Å². The molecule has 0 aromatic heterocycles. The van der Waals surface area contributed by atoms with Crippen LogP contribution in [0, 0.1) is 0 Å². The Morgan fingerprint density at radius 3 is 2.94 bits per heavy atom. The van der Waals surface area contributed by atoms with Gasteiger partial charge in [-0.3, -0.25) is 0 Å². The second-order valence-corrected chi connectivity index (χ2v) is 3.95. The van der Waals surface area contributed by atoms with Crippen molar-refractivity contribution in [2.24, 2.45) is 0 Å². The van der Waals surface area contributed by atoms with E-state index in [0.717, 1.165) is 25.4 Å². The van der Waals surface area contributed by atoms with Crippen molar-refractivity contribution in [2.45, 2.75) is 13.0 Å². The lowest BCUT2D eigenvalue weighted by molar-refractivity contribution is 0.414. The molecular weight excluding hydrogens is 224 g/mol. The minimum atomic E-state index is 0. The van der Waals surface area contributed by atoms with Gasteiger partial charge in [0.25, 0.3) is 0 Å². The molecule has 0 amide bonds. The summed E-state index contributed by atoms with van der Waals surface area (Å²) < 4.78 is 5.24. The quantitative estimate of drug-likeness (QED) is 0.858. The van der Waals surface area contributed by atoms with Crippen LogP contribution in [0.15, 0.2) is 24.3 Å². The maximum absolute atomic E-state index is 5.24. The molecule has 1 unspecified atom stereocenters. The summed E-state index contributed by atoms with van der Waals surface area (Å²) in [6, 6.07) is 8.82. The standard InChI is InChI=1S/C12H18N2O.ClH/c1-10-9-13-6-7-14(10)11-4-3-5-12(8-11)15-2;/h3-5,8,10,13H,6-7,9H2,1-2H3;1H. The van der Waals surface area contributed by atoms with Crippen LogP contribution in [0.3, 0.4) is 0 Å². The van der Waals surface area contributed by atoms with Crippen molar-refractivity contribution in [3.05, 3.63) is 24.3 Å². The van der Waals surface area contributed by atoms with Gasteiger partial charge in [0.1, 0.15) is 5.75 Å². The van der Waals surface area contributed by atoms with Crippen LogP contribution >= 0.6 is 12.4 Å². The molecule has 0 spiro atoms. The number of nitrogens with one attached hydrogen (secondary N) is 1. The average molecular weight is 243 g/mol. The summed E-state index contributed by atoms with van der Waals surface area (Å²) in [5, 5.41) is 3.39. The van der Waals surface area contributed by atoms with Gasteiger partial charge in [-0.05, 0) is 19.1 Å². The van der Waals surface area contributed by atoms with E-state index in [-0.39, 0.29) is 12.4 Å². The maximum Gasteiger partial charge on any atom is 0.120 e. The molecule has 3 nitrogen and oxygen atoms in total. The van der Waals surface area contributed by atoms with Crippen LogP contribution in [0.1, 0.15) is 6.92 Å². The Hall–Kier alpha value is -0.930. The van der Waals surface area contributed by atoms with Crippen LogP contribution in [0.5, 0.6) is 5.75 Å². The number of anilines is 1. The molecule has 1 N–H and O–H groups in total. The lowest BCUT2D eigenvalue weighted by Crippen LogP contribution is -2.49. The molecule has 1 aliphatic heterocycles. The zero-order valence-corrected chi connectivity index (χ0v) is 10.6. The summed E-state index contributed by atoms with van der Waals surface area (Å²) in [6.45, 7) is 5.42. The van der Waals surface area contributed by atoms with Gasteiger partial charge in [0.2, 0.25) is 0 Å². The highest BCUT2D eigenvalue weighted by atomic mass is 35.5. The van der Waals surface area contributed by atoms with E-state index < -0.39 is 0 Å². The third-order valence-electron chi connectivity index (χ3n) is 2.89. The SMILES string of the molecule is COc1cccc(N2CCNCC2C)c1.Cl. The van der Waals surface area contributed by atoms with Gasteiger partial charge in [-0.2, -0.15) is 0 Å². The fourth-order valence-corrected chi connectivity index (χ4v) is 2.01. The third kappa shape index (κ3) is 2.80. The number of benzene rings is 1. The van der Waals surface area contributed by atoms with Crippen LogP contribution in [-0.2, 0) is 0 Å². The molecule has 1 aliphatic rings. The first kappa shape index (κ1) is 13.1. The summed E-state index contributed by atoms with van der Waals surface area (Å²) in [5.41, 5.74) is 1.25. The van der Waals surface area contributed by atoms with Gasteiger partial charge in [0, 0.05) is 37.4 Å². The van der Waals surface area contributed by atoms with Crippen LogP contribution in [0.25, 0.3) is 0 Å². The average Bonchev–Trinajstić information content (AvgIpc) is 2.30. The number of piperazine rings is 1. The van der Waals surface area contributed by atoms with Crippen LogP contribution < -0.4 is 15.0 Å². The number of hydrogen-bond acceptors (Lipinski definition) is 3. The molecule has 1 fully saturated rings. The van der Waals surface area contributed by atoms with E-state index in [2.05, 4.69) is 29.3 Å². The lowest BCUT2D eigenvalue weighted by atomic mass is 10.2. The van der Waals surface area contributed by atoms with Crippen molar-refractivity contribution in [1.82, 2.24) is 5.32 Å². The Balaban J connectivity index is 0.00000128. The van der Waals surface area contributed by atoms with Gasteiger partial charge >= 0.3 is 0 Å². The van der Waals surface area contributed by atoms with Gasteiger partial charge < -0.3 is 15.0 Å². The van der Waals surface area contributed by atoms with Crippen molar-refractivity contribution < 1.29 is 4.74 Å². The molecule has 1 atom stereocenters. The van der Waals surface area contributed by atoms with Crippen LogP contribution in [0.4, 0.5) is 5.69 Å². The molecule has 1 saturated heterocycles. The Morgan fingerprint density at radius 1 is 1.44 bits per heavy atom. The van der Waals surface area contributed by atoms with Crippen molar-refractivity contribution in [3.8, 4) is 5.75 Å². The van der Waals surface area contributed by atoms with Crippen LogP contribution in [-0.4, -0.2) is 32.8 Å². The van der Waals surface area contributed by atoms with Gasteiger partial charge in [0.15, 0.2) is 0 Å². The number of rotatable bonds is 2. The Morgan fingerprint density at radius 2 is 2.25 bits per heavy atom. The molecule has 1 aromatic rings. The molecule has 0 radical (unpaired) electrons. The zero-order chi connectivity index (χ0) is 10.7. The molecular formula is C12H19ClN2O. The fourth-order valence-electron chi connectivity index (χ4n) is 2.01. The van der Waals surface area contributed by atoms with E-state index >= 15 is 0 Å². The highest BCUT2D eigenvalue weighted by Gasteiger charge is 2.18. The Kier molecular flexibility index (Phi) is 4.90. The Labute approximate surface area is 103 Å². The van der Waals surface area contributed by atoms with Gasteiger partial charge in [-0.25, -0.2) is 0 Å². The number of halogens is 1.